The minimum absolute atomic E-state index is 0.0417. The molecule has 1 N–H and O–H groups in total. The van der Waals surface area contributed by atoms with Gasteiger partial charge in [-0.2, -0.15) is 0 Å². The molecule has 1 saturated carbocycles. The van der Waals surface area contributed by atoms with Crippen molar-refractivity contribution in [2.24, 2.45) is 5.41 Å². The first-order valence-electron chi connectivity index (χ1n) is 3.76. The monoisotopic (exact) mass is 144 g/mol. The lowest BCUT2D eigenvalue weighted by Gasteiger charge is -2.20. The molecule has 1 saturated heterocycles. The van der Waals surface area contributed by atoms with Crippen LogP contribution in [0.2, 0.25) is 0 Å². The van der Waals surface area contributed by atoms with Crippen LogP contribution >= 0.6 is 0 Å². The van der Waals surface area contributed by atoms with Gasteiger partial charge in [0.05, 0.1) is 13.2 Å². The van der Waals surface area contributed by atoms with Crippen LogP contribution in [0.4, 0.5) is 0 Å². The van der Waals surface area contributed by atoms with Crippen LogP contribution in [-0.4, -0.2) is 24.4 Å². The van der Waals surface area contributed by atoms with E-state index in [2.05, 4.69) is 0 Å². The summed E-state index contributed by atoms with van der Waals surface area (Å²) in [5, 5.41) is 9.07. The van der Waals surface area contributed by atoms with E-state index in [-0.39, 0.29) is 18.1 Å². The SMILES string of the molecule is OCC12CCCC1OOC2. The zero-order valence-corrected chi connectivity index (χ0v) is 5.88. The second kappa shape index (κ2) is 2.19. The standard InChI is InChI=1S/C7H12O3/c8-4-7-3-1-2-6(7)10-9-5-7/h6,8H,1-5H2. The summed E-state index contributed by atoms with van der Waals surface area (Å²) in [7, 11) is 0. The Labute approximate surface area is 59.9 Å². The maximum Gasteiger partial charge on any atom is 0.103 e. The van der Waals surface area contributed by atoms with Crippen molar-refractivity contribution in [2.75, 3.05) is 13.2 Å². The third-order valence-corrected chi connectivity index (χ3v) is 2.67. The zero-order chi connectivity index (χ0) is 7.03. The van der Waals surface area contributed by atoms with Crippen LogP contribution in [-0.2, 0) is 9.78 Å². The summed E-state index contributed by atoms with van der Waals surface area (Å²) in [6, 6.07) is 0. The summed E-state index contributed by atoms with van der Waals surface area (Å²) in [4.78, 5) is 9.86. The molecule has 2 atom stereocenters. The third kappa shape index (κ3) is 0.713. The molecule has 0 aromatic heterocycles. The molecule has 0 bridgehead atoms. The first kappa shape index (κ1) is 6.58. The summed E-state index contributed by atoms with van der Waals surface area (Å²) in [6.07, 6.45) is 3.42. The minimum atomic E-state index is -0.0417. The van der Waals surface area contributed by atoms with E-state index < -0.39 is 0 Å². The lowest BCUT2D eigenvalue weighted by Crippen LogP contribution is -2.31. The largest absolute Gasteiger partial charge is 0.396 e. The van der Waals surface area contributed by atoms with Gasteiger partial charge in [-0.3, -0.25) is 0 Å². The number of hydrogen-bond acceptors (Lipinski definition) is 3. The molecule has 2 rings (SSSR count). The maximum absolute atomic E-state index is 9.07. The van der Waals surface area contributed by atoms with Gasteiger partial charge in [-0.25, -0.2) is 9.78 Å². The lowest BCUT2D eigenvalue weighted by molar-refractivity contribution is -0.274. The Morgan fingerprint density at radius 2 is 2.50 bits per heavy atom. The van der Waals surface area contributed by atoms with Crippen LogP contribution < -0.4 is 0 Å². The van der Waals surface area contributed by atoms with Crippen molar-refractivity contribution in [3.05, 3.63) is 0 Å². The van der Waals surface area contributed by atoms with E-state index >= 15 is 0 Å². The highest BCUT2D eigenvalue weighted by Gasteiger charge is 2.48. The van der Waals surface area contributed by atoms with Crippen molar-refractivity contribution in [1.29, 1.82) is 0 Å². The van der Waals surface area contributed by atoms with Gasteiger partial charge in [-0.1, -0.05) is 0 Å². The Morgan fingerprint density at radius 1 is 1.60 bits per heavy atom. The molecular weight excluding hydrogens is 132 g/mol. The van der Waals surface area contributed by atoms with Crippen molar-refractivity contribution in [3.8, 4) is 0 Å². The summed E-state index contributed by atoms with van der Waals surface area (Å²) >= 11 is 0. The zero-order valence-electron chi connectivity index (χ0n) is 5.88. The van der Waals surface area contributed by atoms with E-state index in [1.807, 2.05) is 0 Å². The van der Waals surface area contributed by atoms with Gasteiger partial charge >= 0.3 is 0 Å². The molecule has 0 spiro atoms. The predicted octanol–water partition coefficient (Wildman–Crippen LogP) is 0.479. The van der Waals surface area contributed by atoms with E-state index in [0.29, 0.717) is 6.61 Å². The number of aliphatic hydroxyl groups excluding tert-OH is 1. The number of fused-ring (bicyclic) bond motifs is 1. The van der Waals surface area contributed by atoms with Crippen LogP contribution in [0.3, 0.4) is 0 Å². The minimum Gasteiger partial charge on any atom is -0.396 e. The highest BCUT2D eigenvalue weighted by Crippen LogP contribution is 2.44. The topological polar surface area (TPSA) is 38.7 Å². The maximum atomic E-state index is 9.07. The Kier molecular flexibility index (Phi) is 1.44. The van der Waals surface area contributed by atoms with Crippen LogP contribution in [0.25, 0.3) is 0 Å². The molecule has 0 radical (unpaired) electrons. The lowest BCUT2D eigenvalue weighted by atomic mass is 9.87. The Hall–Kier alpha value is -0.120. The van der Waals surface area contributed by atoms with Crippen molar-refractivity contribution in [2.45, 2.75) is 25.4 Å². The Balaban J connectivity index is 2.15. The van der Waals surface area contributed by atoms with Gasteiger partial charge in [0, 0.05) is 5.41 Å². The van der Waals surface area contributed by atoms with Crippen molar-refractivity contribution in [3.63, 3.8) is 0 Å². The molecule has 0 aromatic carbocycles. The second-order valence-corrected chi connectivity index (χ2v) is 3.26. The van der Waals surface area contributed by atoms with Crippen molar-refractivity contribution >= 4 is 0 Å². The van der Waals surface area contributed by atoms with E-state index in [1.165, 1.54) is 0 Å². The molecule has 2 unspecified atom stereocenters. The molecule has 3 heteroatoms. The average molecular weight is 144 g/mol. The fourth-order valence-electron chi connectivity index (χ4n) is 1.88. The molecule has 58 valence electrons. The summed E-state index contributed by atoms with van der Waals surface area (Å²) in [5.74, 6) is 0. The second-order valence-electron chi connectivity index (χ2n) is 3.26. The fraction of sp³-hybridized carbons (Fsp3) is 1.00. The summed E-state index contributed by atoms with van der Waals surface area (Å²) in [6.45, 7) is 0.784. The molecule has 2 fully saturated rings. The van der Waals surface area contributed by atoms with Crippen LogP contribution in [0.15, 0.2) is 0 Å². The van der Waals surface area contributed by atoms with Crippen LogP contribution in [0, 0.1) is 5.41 Å². The van der Waals surface area contributed by atoms with Gasteiger partial charge < -0.3 is 5.11 Å². The van der Waals surface area contributed by atoms with Crippen molar-refractivity contribution in [1.82, 2.24) is 0 Å². The van der Waals surface area contributed by atoms with Gasteiger partial charge in [0.1, 0.15) is 6.10 Å². The molecule has 1 aliphatic carbocycles. The highest BCUT2D eigenvalue weighted by atomic mass is 17.2. The number of aliphatic hydroxyl groups is 1. The summed E-state index contributed by atoms with van der Waals surface area (Å²) in [5.41, 5.74) is -0.0417. The van der Waals surface area contributed by atoms with Gasteiger partial charge in [0.25, 0.3) is 0 Å². The number of rotatable bonds is 1. The summed E-state index contributed by atoms with van der Waals surface area (Å²) < 4.78 is 0. The molecule has 0 aromatic rings. The molecule has 1 aliphatic heterocycles. The van der Waals surface area contributed by atoms with Gasteiger partial charge in [0.15, 0.2) is 0 Å². The molecule has 10 heavy (non-hydrogen) atoms. The smallest absolute Gasteiger partial charge is 0.103 e. The van der Waals surface area contributed by atoms with Gasteiger partial charge in [0.2, 0.25) is 0 Å². The quantitative estimate of drug-likeness (QED) is 0.544. The molecule has 2 aliphatic rings. The highest BCUT2D eigenvalue weighted by molar-refractivity contribution is 4.93. The van der Waals surface area contributed by atoms with E-state index in [4.69, 9.17) is 14.9 Å². The first-order chi connectivity index (χ1) is 4.87. The van der Waals surface area contributed by atoms with E-state index in [9.17, 15) is 0 Å². The number of hydrogen-bond donors (Lipinski definition) is 1. The Bertz CT molecular complexity index is 125. The fourth-order valence-corrected chi connectivity index (χ4v) is 1.88. The van der Waals surface area contributed by atoms with Crippen LogP contribution in [0.1, 0.15) is 19.3 Å². The molecular formula is C7H12O3. The van der Waals surface area contributed by atoms with E-state index in [0.717, 1.165) is 19.3 Å². The third-order valence-electron chi connectivity index (χ3n) is 2.67. The average Bonchev–Trinajstić information content (AvgIpc) is 2.42. The van der Waals surface area contributed by atoms with E-state index in [1.54, 1.807) is 0 Å². The predicted molar refractivity (Wildman–Crippen MR) is 34.2 cm³/mol. The molecule has 0 amide bonds. The van der Waals surface area contributed by atoms with Gasteiger partial charge in [-0.15, -0.1) is 0 Å². The van der Waals surface area contributed by atoms with Gasteiger partial charge in [-0.05, 0) is 19.3 Å². The molecule has 3 nitrogen and oxygen atoms in total. The molecule has 1 heterocycles. The van der Waals surface area contributed by atoms with Crippen LogP contribution in [0.5, 0.6) is 0 Å². The Morgan fingerprint density at radius 3 is 3.20 bits per heavy atom. The van der Waals surface area contributed by atoms with Crippen molar-refractivity contribution < 1.29 is 14.9 Å². The first-order valence-corrected chi connectivity index (χ1v) is 3.76. The normalized spacial score (nSPS) is 45.9.